The van der Waals surface area contributed by atoms with Crippen LogP contribution in [-0.2, 0) is 14.3 Å². The van der Waals surface area contributed by atoms with E-state index in [4.69, 9.17) is 10.5 Å². The Bertz CT molecular complexity index is 529. The van der Waals surface area contributed by atoms with Gasteiger partial charge in [0.05, 0.1) is 6.61 Å². The van der Waals surface area contributed by atoms with Crippen molar-refractivity contribution >= 4 is 23.6 Å². The first-order valence-electron chi connectivity index (χ1n) is 7.28. The van der Waals surface area contributed by atoms with E-state index in [-0.39, 0.29) is 23.2 Å². The Morgan fingerprint density at radius 1 is 1.23 bits per heavy atom. The van der Waals surface area contributed by atoms with Crippen molar-refractivity contribution in [2.45, 2.75) is 38.0 Å². The Balaban J connectivity index is 2.89. The first-order chi connectivity index (χ1) is 10.6. The van der Waals surface area contributed by atoms with Crippen molar-refractivity contribution in [3.8, 4) is 0 Å². The van der Waals surface area contributed by atoms with Gasteiger partial charge in [0.2, 0.25) is 5.91 Å². The summed E-state index contributed by atoms with van der Waals surface area (Å²) < 4.78 is 4.96. The highest BCUT2D eigenvalue weighted by Crippen LogP contribution is 2.24. The van der Waals surface area contributed by atoms with Crippen LogP contribution in [0.15, 0.2) is 46.0 Å². The molecule has 1 aromatic rings. The SMILES string of the molecule is CCCCC(=O)N/C(C(=O)OCC)=C(\N)Sc1ccccc1. The van der Waals surface area contributed by atoms with Crippen LogP contribution in [-0.4, -0.2) is 18.5 Å². The fourth-order valence-electron chi connectivity index (χ4n) is 1.62. The van der Waals surface area contributed by atoms with Crippen LogP contribution in [0.3, 0.4) is 0 Å². The molecule has 1 rings (SSSR count). The normalized spacial score (nSPS) is 11.5. The summed E-state index contributed by atoms with van der Waals surface area (Å²) >= 11 is 1.21. The predicted octanol–water partition coefficient (Wildman–Crippen LogP) is 2.78. The minimum Gasteiger partial charge on any atom is -0.461 e. The van der Waals surface area contributed by atoms with Crippen LogP contribution < -0.4 is 11.1 Å². The maximum absolute atomic E-state index is 12.0. The molecular weight excluding hydrogens is 300 g/mol. The summed E-state index contributed by atoms with van der Waals surface area (Å²) in [7, 11) is 0. The molecule has 22 heavy (non-hydrogen) atoms. The van der Waals surface area contributed by atoms with Crippen LogP contribution in [0.2, 0.25) is 0 Å². The molecule has 0 aromatic heterocycles. The van der Waals surface area contributed by atoms with Crippen molar-refractivity contribution in [3.63, 3.8) is 0 Å². The number of carbonyl (C=O) groups excluding carboxylic acids is 2. The third-order valence-corrected chi connectivity index (χ3v) is 3.65. The minimum absolute atomic E-state index is 0.0109. The molecule has 0 fully saturated rings. The van der Waals surface area contributed by atoms with E-state index in [1.165, 1.54) is 11.8 Å². The number of rotatable bonds is 8. The molecular formula is C16H22N2O3S. The van der Waals surface area contributed by atoms with E-state index in [0.717, 1.165) is 17.7 Å². The molecule has 0 aliphatic carbocycles. The summed E-state index contributed by atoms with van der Waals surface area (Å²) in [6.45, 7) is 3.92. The second-order valence-corrected chi connectivity index (χ2v) is 5.64. The molecule has 0 heterocycles. The molecule has 120 valence electrons. The molecule has 0 spiro atoms. The molecule has 5 nitrogen and oxygen atoms in total. The van der Waals surface area contributed by atoms with Gasteiger partial charge in [0.1, 0.15) is 5.03 Å². The first kappa shape index (κ1) is 18.1. The molecule has 0 unspecified atom stereocenters. The lowest BCUT2D eigenvalue weighted by molar-refractivity contribution is -0.140. The molecule has 1 aromatic carbocycles. The maximum atomic E-state index is 12.0. The standard InChI is InChI=1S/C16H22N2O3S/c1-3-5-11-13(19)18-14(16(20)21-4-2)15(17)22-12-9-7-6-8-10-12/h6-10H,3-5,11,17H2,1-2H3,(H,18,19)/b15-14+. The summed E-state index contributed by atoms with van der Waals surface area (Å²) in [4.78, 5) is 24.7. The van der Waals surface area contributed by atoms with Crippen LogP contribution in [0.1, 0.15) is 33.1 Å². The van der Waals surface area contributed by atoms with Gasteiger partial charge in [0.15, 0.2) is 5.70 Å². The fourth-order valence-corrected chi connectivity index (χ4v) is 2.41. The number of ether oxygens (including phenoxy) is 1. The van der Waals surface area contributed by atoms with Crippen molar-refractivity contribution in [3.05, 3.63) is 41.1 Å². The van der Waals surface area contributed by atoms with Gasteiger partial charge in [-0.15, -0.1) is 0 Å². The van der Waals surface area contributed by atoms with Gasteiger partial charge in [-0.25, -0.2) is 4.79 Å². The Morgan fingerprint density at radius 2 is 1.91 bits per heavy atom. The second-order valence-electron chi connectivity index (χ2n) is 4.53. The molecule has 0 aliphatic heterocycles. The number of benzene rings is 1. The van der Waals surface area contributed by atoms with E-state index in [2.05, 4.69) is 5.32 Å². The summed E-state index contributed by atoms with van der Waals surface area (Å²) in [6, 6.07) is 9.39. The van der Waals surface area contributed by atoms with Crippen molar-refractivity contribution in [2.75, 3.05) is 6.61 Å². The molecule has 0 saturated carbocycles. The third kappa shape index (κ3) is 6.22. The van der Waals surface area contributed by atoms with Gasteiger partial charge in [-0.3, -0.25) is 4.79 Å². The number of amides is 1. The average molecular weight is 322 g/mol. The largest absolute Gasteiger partial charge is 0.461 e. The Morgan fingerprint density at radius 3 is 2.50 bits per heavy atom. The van der Waals surface area contributed by atoms with Crippen LogP contribution in [0.5, 0.6) is 0 Å². The third-order valence-electron chi connectivity index (χ3n) is 2.72. The number of esters is 1. The number of carbonyl (C=O) groups is 2. The summed E-state index contributed by atoms with van der Waals surface area (Å²) in [5.74, 6) is -0.852. The first-order valence-corrected chi connectivity index (χ1v) is 8.09. The fraction of sp³-hybridized carbons (Fsp3) is 0.375. The van der Waals surface area contributed by atoms with E-state index in [0.29, 0.717) is 6.42 Å². The Hall–Kier alpha value is -1.95. The molecule has 0 bridgehead atoms. The summed E-state index contributed by atoms with van der Waals surface area (Å²) in [5, 5.41) is 2.79. The smallest absolute Gasteiger partial charge is 0.357 e. The van der Waals surface area contributed by atoms with Gasteiger partial charge in [0.25, 0.3) is 0 Å². The molecule has 0 atom stereocenters. The zero-order chi connectivity index (χ0) is 16.4. The van der Waals surface area contributed by atoms with E-state index in [1.54, 1.807) is 6.92 Å². The average Bonchev–Trinajstić information content (AvgIpc) is 2.51. The van der Waals surface area contributed by atoms with Crippen molar-refractivity contribution < 1.29 is 14.3 Å². The Kier molecular flexibility index (Phi) is 8.14. The number of hydrogen-bond acceptors (Lipinski definition) is 5. The summed E-state index contributed by atoms with van der Waals surface area (Å²) in [5.41, 5.74) is 6.00. The highest BCUT2D eigenvalue weighted by molar-refractivity contribution is 8.03. The number of thioether (sulfide) groups is 1. The van der Waals surface area contributed by atoms with E-state index >= 15 is 0 Å². The predicted molar refractivity (Wildman–Crippen MR) is 87.8 cm³/mol. The lowest BCUT2D eigenvalue weighted by atomic mass is 10.2. The number of nitrogens with two attached hydrogens (primary N) is 1. The van der Waals surface area contributed by atoms with Crippen LogP contribution >= 0.6 is 11.8 Å². The van der Waals surface area contributed by atoms with Gasteiger partial charge < -0.3 is 15.8 Å². The molecule has 3 N–H and O–H groups in total. The molecule has 1 amide bonds. The van der Waals surface area contributed by atoms with Crippen molar-refractivity contribution in [1.29, 1.82) is 0 Å². The van der Waals surface area contributed by atoms with E-state index in [9.17, 15) is 9.59 Å². The van der Waals surface area contributed by atoms with Crippen LogP contribution in [0.25, 0.3) is 0 Å². The van der Waals surface area contributed by atoms with Gasteiger partial charge in [-0.05, 0) is 25.5 Å². The maximum Gasteiger partial charge on any atom is 0.357 e. The van der Waals surface area contributed by atoms with Crippen LogP contribution in [0, 0.1) is 0 Å². The van der Waals surface area contributed by atoms with Crippen molar-refractivity contribution in [1.82, 2.24) is 5.32 Å². The van der Waals surface area contributed by atoms with Crippen LogP contribution in [0.4, 0.5) is 0 Å². The molecule has 0 radical (unpaired) electrons. The van der Waals surface area contributed by atoms with Gasteiger partial charge in [-0.1, -0.05) is 43.3 Å². The zero-order valence-electron chi connectivity index (χ0n) is 12.9. The van der Waals surface area contributed by atoms with Gasteiger partial charge in [0, 0.05) is 11.3 Å². The van der Waals surface area contributed by atoms with Crippen molar-refractivity contribution in [2.24, 2.45) is 5.73 Å². The number of nitrogens with one attached hydrogen (secondary N) is 1. The van der Waals surface area contributed by atoms with Gasteiger partial charge >= 0.3 is 5.97 Å². The lowest BCUT2D eigenvalue weighted by Crippen LogP contribution is -2.30. The molecule has 0 saturated heterocycles. The highest BCUT2D eigenvalue weighted by Gasteiger charge is 2.18. The van der Waals surface area contributed by atoms with E-state index < -0.39 is 5.97 Å². The quantitative estimate of drug-likeness (QED) is 0.437. The number of hydrogen-bond donors (Lipinski definition) is 2. The zero-order valence-corrected chi connectivity index (χ0v) is 13.7. The monoisotopic (exact) mass is 322 g/mol. The number of unbranched alkanes of at least 4 members (excludes halogenated alkanes) is 1. The molecule has 0 aliphatic rings. The van der Waals surface area contributed by atoms with Gasteiger partial charge in [-0.2, -0.15) is 0 Å². The van der Waals surface area contributed by atoms with E-state index in [1.807, 2.05) is 37.3 Å². The second kappa shape index (κ2) is 9.89. The lowest BCUT2D eigenvalue weighted by Gasteiger charge is -2.12. The Labute approximate surface area is 135 Å². The summed E-state index contributed by atoms with van der Waals surface area (Å²) in [6.07, 6.45) is 2.01. The molecule has 6 heteroatoms. The minimum atomic E-state index is -0.617. The highest BCUT2D eigenvalue weighted by atomic mass is 32.2. The topological polar surface area (TPSA) is 81.4 Å².